The van der Waals surface area contributed by atoms with Crippen LogP contribution in [-0.4, -0.2) is 18.3 Å². The third-order valence-electron chi connectivity index (χ3n) is 6.78. The van der Waals surface area contributed by atoms with Crippen LogP contribution in [-0.2, 0) is 0 Å². The highest BCUT2D eigenvalue weighted by Gasteiger charge is 2.53. The highest BCUT2D eigenvalue weighted by molar-refractivity contribution is 5.63. The van der Waals surface area contributed by atoms with Gasteiger partial charge in [0.1, 0.15) is 5.75 Å². The molecule has 2 fully saturated rings. The van der Waals surface area contributed by atoms with Crippen molar-refractivity contribution in [2.24, 2.45) is 17.3 Å². The van der Waals surface area contributed by atoms with Gasteiger partial charge >= 0.3 is 0 Å². The number of benzene rings is 1. The summed E-state index contributed by atoms with van der Waals surface area (Å²) in [5.41, 5.74) is 4.34. The van der Waals surface area contributed by atoms with E-state index in [0.29, 0.717) is 17.8 Å². The van der Waals surface area contributed by atoms with Crippen LogP contribution in [0.15, 0.2) is 18.2 Å². The largest absolute Gasteiger partial charge is 0.497 e. The molecule has 0 amide bonds. The minimum Gasteiger partial charge on any atom is -0.497 e. The number of aliphatic hydroxyl groups excluding tert-OH is 1. The molecule has 0 aromatic heterocycles. The lowest BCUT2D eigenvalue weighted by molar-refractivity contribution is -0.00803. The van der Waals surface area contributed by atoms with Gasteiger partial charge in [0.05, 0.1) is 13.2 Å². The van der Waals surface area contributed by atoms with Gasteiger partial charge in [0.15, 0.2) is 0 Å². The van der Waals surface area contributed by atoms with E-state index in [0.717, 1.165) is 18.6 Å². The fraction of sp³-hybridized carbons (Fsp3) is 0.600. The Morgan fingerprint density at radius 3 is 2.82 bits per heavy atom. The zero-order valence-corrected chi connectivity index (χ0v) is 13.8. The van der Waals surface area contributed by atoms with Crippen molar-refractivity contribution >= 4 is 6.08 Å². The molecular weight excluding hydrogens is 272 g/mol. The van der Waals surface area contributed by atoms with Crippen molar-refractivity contribution in [3.05, 3.63) is 34.9 Å². The molecule has 4 rings (SSSR count). The average Bonchev–Trinajstić information content (AvgIpc) is 2.82. The Labute approximate surface area is 133 Å². The van der Waals surface area contributed by atoms with Crippen LogP contribution in [0.2, 0.25) is 0 Å². The molecule has 0 radical (unpaired) electrons. The fourth-order valence-corrected chi connectivity index (χ4v) is 5.54. The molecule has 1 aromatic carbocycles. The maximum atomic E-state index is 10.5. The first kappa shape index (κ1) is 14.3. The predicted octanol–water partition coefficient (Wildman–Crippen LogP) is 4.30. The Morgan fingerprint density at radius 2 is 2.05 bits per heavy atom. The SMILES string of the molecule is COc1cc(C)c2c(c1)C=C[C@@H]1[C@@H]2CC[C@]2(C)[C@@H]1CC[C@@H]2O. The number of hydrogen-bond donors (Lipinski definition) is 1. The number of rotatable bonds is 1. The topological polar surface area (TPSA) is 29.5 Å². The Hall–Kier alpha value is -1.28. The Kier molecular flexibility index (Phi) is 3.16. The van der Waals surface area contributed by atoms with Gasteiger partial charge in [-0.3, -0.25) is 0 Å². The number of hydrogen-bond acceptors (Lipinski definition) is 2. The van der Waals surface area contributed by atoms with Gasteiger partial charge in [-0.25, -0.2) is 0 Å². The minimum atomic E-state index is -0.106. The summed E-state index contributed by atoms with van der Waals surface area (Å²) in [4.78, 5) is 0. The molecule has 1 N–H and O–H groups in total. The molecule has 1 aromatic rings. The number of ether oxygens (including phenoxy) is 1. The molecule has 2 heteroatoms. The van der Waals surface area contributed by atoms with Gasteiger partial charge in [-0.05, 0) is 84.6 Å². The van der Waals surface area contributed by atoms with Gasteiger partial charge in [0.2, 0.25) is 0 Å². The Balaban J connectivity index is 1.77. The van der Waals surface area contributed by atoms with E-state index in [2.05, 4.69) is 38.1 Å². The third-order valence-corrected chi connectivity index (χ3v) is 6.78. The van der Waals surface area contributed by atoms with Crippen molar-refractivity contribution in [3.63, 3.8) is 0 Å². The summed E-state index contributed by atoms with van der Waals surface area (Å²) in [6, 6.07) is 4.35. The van der Waals surface area contributed by atoms with Crippen molar-refractivity contribution < 1.29 is 9.84 Å². The number of methoxy groups -OCH3 is 1. The normalized spacial score (nSPS) is 39.1. The van der Waals surface area contributed by atoms with Gasteiger partial charge < -0.3 is 9.84 Å². The van der Waals surface area contributed by atoms with Gasteiger partial charge in [0, 0.05) is 0 Å². The summed E-state index contributed by atoms with van der Waals surface area (Å²) in [6.45, 7) is 4.53. The first-order valence-electron chi connectivity index (χ1n) is 8.59. The third kappa shape index (κ3) is 1.83. The molecule has 3 aliphatic rings. The smallest absolute Gasteiger partial charge is 0.119 e. The summed E-state index contributed by atoms with van der Waals surface area (Å²) in [7, 11) is 1.74. The molecule has 22 heavy (non-hydrogen) atoms. The van der Waals surface area contributed by atoms with E-state index in [-0.39, 0.29) is 11.5 Å². The first-order valence-corrected chi connectivity index (χ1v) is 8.59. The van der Waals surface area contributed by atoms with Crippen LogP contribution in [0.4, 0.5) is 0 Å². The highest BCUT2D eigenvalue weighted by atomic mass is 16.5. The van der Waals surface area contributed by atoms with Crippen molar-refractivity contribution in [1.29, 1.82) is 0 Å². The van der Waals surface area contributed by atoms with E-state index in [1.807, 2.05) is 0 Å². The molecule has 118 valence electrons. The first-order chi connectivity index (χ1) is 10.5. The lowest BCUT2D eigenvalue weighted by Gasteiger charge is -2.48. The molecule has 2 nitrogen and oxygen atoms in total. The highest BCUT2D eigenvalue weighted by Crippen LogP contribution is 2.60. The van der Waals surface area contributed by atoms with Crippen molar-refractivity contribution in [2.45, 2.75) is 51.6 Å². The predicted molar refractivity (Wildman–Crippen MR) is 89.1 cm³/mol. The molecule has 5 atom stereocenters. The van der Waals surface area contributed by atoms with E-state index in [1.165, 1.54) is 29.5 Å². The average molecular weight is 298 g/mol. The zero-order chi connectivity index (χ0) is 15.5. The van der Waals surface area contributed by atoms with E-state index in [1.54, 1.807) is 7.11 Å². The molecule has 3 aliphatic carbocycles. The molecule has 0 heterocycles. The molecule has 2 saturated carbocycles. The molecule has 0 spiro atoms. The van der Waals surface area contributed by atoms with Crippen molar-refractivity contribution in [2.75, 3.05) is 7.11 Å². The van der Waals surface area contributed by atoms with Gasteiger partial charge in [-0.15, -0.1) is 0 Å². The second-order valence-corrected chi connectivity index (χ2v) is 7.73. The van der Waals surface area contributed by atoms with Gasteiger partial charge in [-0.2, -0.15) is 0 Å². The fourth-order valence-electron chi connectivity index (χ4n) is 5.54. The Bertz CT molecular complexity index is 633. The van der Waals surface area contributed by atoms with Crippen LogP contribution in [0.5, 0.6) is 5.75 Å². The van der Waals surface area contributed by atoms with E-state index in [9.17, 15) is 5.11 Å². The maximum Gasteiger partial charge on any atom is 0.119 e. The standard InChI is InChI=1S/C20H26O2/c1-12-10-14(22-3)11-13-4-5-15-16(19(12)13)8-9-20(2)17(15)6-7-18(20)21/h4-5,10-11,15-18,21H,6-9H2,1-3H3/t15-,16+,17-,18+,20-/m1/s1. The summed E-state index contributed by atoms with van der Waals surface area (Å²) < 4.78 is 5.43. The Morgan fingerprint density at radius 1 is 1.23 bits per heavy atom. The minimum absolute atomic E-state index is 0.106. The second-order valence-electron chi connectivity index (χ2n) is 7.73. The quantitative estimate of drug-likeness (QED) is 0.837. The van der Waals surface area contributed by atoms with Crippen LogP contribution in [0.25, 0.3) is 6.08 Å². The maximum absolute atomic E-state index is 10.5. The lowest BCUT2D eigenvalue weighted by Crippen LogP contribution is -2.42. The molecule has 0 bridgehead atoms. The van der Waals surface area contributed by atoms with Gasteiger partial charge in [0.25, 0.3) is 0 Å². The molecule has 0 aliphatic heterocycles. The second kappa shape index (κ2) is 4.86. The zero-order valence-electron chi connectivity index (χ0n) is 13.8. The molecular formula is C20H26O2. The molecule has 0 saturated heterocycles. The lowest BCUT2D eigenvalue weighted by atomic mass is 9.56. The summed E-state index contributed by atoms with van der Waals surface area (Å²) in [5, 5.41) is 10.5. The number of fused-ring (bicyclic) bond motifs is 5. The van der Waals surface area contributed by atoms with Crippen LogP contribution in [0.3, 0.4) is 0 Å². The summed E-state index contributed by atoms with van der Waals surface area (Å²) in [6.07, 6.45) is 9.11. The molecule has 0 unspecified atom stereocenters. The summed E-state index contributed by atoms with van der Waals surface area (Å²) in [5.74, 6) is 2.80. The van der Waals surface area contributed by atoms with E-state index >= 15 is 0 Å². The number of allylic oxidation sites excluding steroid dienone is 1. The van der Waals surface area contributed by atoms with Crippen molar-refractivity contribution in [1.82, 2.24) is 0 Å². The monoisotopic (exact) mass is 298 g/mol. The van der Waals surface area contributed by atoms with Crippen LogP contribution in [0.1, 0.15) is 55.2 Å². The number of aryl methyl sites for hydroxylation is 1. The van der Waals surface area contributed by atoms with Crippen LogP contribution < -0.4 is 4.74 Å². The number of aliphatic hydroxyl groups is 1. The van der Waals surface area contributed by atoms with Crippen molar-refractivity contribution in [3.8, 4) is 5.75 Å². The van der Waals surface area contributed by atoms with E-state index < -0.39 is 0 Å². The van der Waals surface area contributed by atoms with Crippen LogP contribution >= 0.6 is 0 Å². The van der Waals surface area contributed by atoms with E-state index in [4.69, 9.17) is 4.74 Å². The summed E-state index contributed by atoms with van der Waals surface area (Å²) >= 11 is 0. The van der Waals surface area contributed by atoms with Gasteiger partial charge in [-0.1, -0.05) is 19.1 Å². The van der Waals surface area contributed by atoms with Crippen LogP contribution in [0, 0.1) is 24.2 Å².